The van der Waals surface area contributed by atoms with Crippen LogP contribution in [0.15, 0.2) is 194 Å². The molecule has 8 aromatic carbocycles. The first-order valence-electron chi connectivity index (χ1n) is 20.9. The third-order valence-corrected chi connectivity index (χ3v) is 13.9. The van der Waals surface area contributed by atoms with Gasteiger partial charge in [0.2, 0.25) is 5.95 Å². The molecule has 4 nitrogen and oxygen atoms in total. The Labute approximate surface area is 355 Å². The second kappa shape index (κ2) is 13.5. The Kier molecular flexibility index (Phi) is 7.57. The number of rotatable bonds is 5. The number of thiophene rings is 1. The van der Waals surface area contributed by atoms with Gasteiger partial charge in [0.15, 0.2) is 0 Å². The van der Waals surface area contributed by atoms with Crippen LogP contribution in [-0.2, 0) is 0 Å². The molecule has 0 saturated carbocycles. The maximum Gasteiger partial charge on any atom is 0.235 e. The predicted molar refractivity (Wildman–Crippen MR) is 256 cm³/mol. The second-order valence-electron chi connectivity index (χ2n) is 16.1. The summed E-state index contributed by atoms with van der Waals surface area (Å²) in [7, 11) is 0. The first-order chi connectivity index (χ1) is 30.2. The summed E-state index contributed by atoms with van der Waals surface area (Å²) >= 11 is 1.82. The summed E-state index contributed by atoms with van der Waals surface area (Å²) in [6.07, 6.45) is 5.53. The molecule has 0 bridgehead atoms. The minimum absolute atomic E-state index is 0.0695. The van der Waals surface area contributed by atoms with E-state index in [4.69, 9.17) is 9.97 Å². The fraction of sp³-hybridized carbons (Fsp3) is 0.0357. The summed E-state index contributed by atoms with van der Waals surface area (Å²) in [6.45, 7) is 0. The summed E-state index contributed by atoms with van der Waals surface area (Å²) < 4.78 is 5.99. The number of aromatic nitrogens is 4. The lowest BCUT2D eigenvalue weighted by Gasteiger charge is -2.23. The topological polar surface area (TPSA) is 35.6 Å². The zero-order valence-corrected chi connectivity index (χ0v) is 33.9. The van der Waals surface area contributed by atoms with E-state index in [9.17, 15) is 0 Å². The molecule has 0 aliphatic heterocycles. The molecule has 0 radical (unpaired) electrons. The zero-order valence-electron chi connectivity index (χ0n) is 33.0. The Bertz CT molecular complexity index is 3730. The molecule has 4 aromatic heterocycles. The molecule has 12 aromatic rings. The summed E-state index contributed by atoms with van der Waals surface area (Å²) in [4.78, 5) is 12.4. The average molecular weight is 797 g/mol. The summed E-state index contributed by atoms with van der Waals surface area (Å²) in [5.41, 5.74) is 12.6. The number of hydrogen-bond acceptors (Lipinski definition) is 3. The van der Waals surface area contributed by atoms with Gasteiger partial charge in [-0.3, -0.25) is 4.57 Å². The van der Waals surface area contributed by atoms with Crippen molar-refractivity contribution in [1.82, 2.24) is 19.1 Å². The molecule has 0 spiro atoms. The predicted octanol–water partition coefficient (Wildman–Crippen LogP) is 14.9. The second-order valence-corrected chi connectivity index (χ2v) is 17.2. The molecule has 61 heavy (non-hydrogen) atoms. The van der Waals surface area contributed by atoms with E-state index in [-0.39, 0.29) is 5.92 Å². The highest BCUT2D eigenvalue weighted by Crippen LogP contribution is 2.46. The Morgan fingerprint density at radius 1 is 0.508 bits per heavy atom. The lowest BCUT2D eigenvalue weighted by molar-refractivity contribution is 0.751. The number of allylic oxidation sites excluding steroid dienone is 1. The Balaban J connectivity index is 1.05. The van der Waals surface area contributed by atoms with E-state index < -0.39 is 0 Å². The number of fused-ring (bicyclic) bond motifs is 10. The van der Waals surface area contributed by atoms with Gasteiger partial charge in [-0.15, -0.1) is 11.3 Å². The molecule has 13 rings (SSSR count). The van der Waals surface area contributed by atoms with Gasteiger partial charge < -0.3 is 4.57 Å². The van der Waals surface area contributed by atoms with Crippen LogP contribution in [-0.4, -0.2) is 19.1 Å². The minimum Gasteiger partial charge on any atom is -0.309 e. The van der Waals surface area contributed by atoms with Crippen molar-refractivity contribution in [2.75, 3.05) is 0 Å². The highest BCUT2D eigenvalue weighted by atomic mass is 32.1. The maximum absolute atomic E-state index is 5.62. The van der Waals surface area contributed by atoms with Gasteiger partial charge in [-0.2, -0.15) is 0 Å². The van der Waals surface area contributed by atoms with Gasteiger partial charge in [-0.25, -0.2) is 9.97 Å². The van der Waals surface area contributed by atoms with Crippen LogP contribution in [0.25, 0.3) is 104 Å². The molecule has 0 fully saturated rings. The van der Waals surface area contributed by atoms with Gasteiger partial charge in [-0.1, -0.05) is 146 Å². The minimum atomic E-state index is 0.0695. The van der Waals surface area contributed by atoms with Crippen LogP contribution >= 0.6 is 11.3 Å². The van der Waals surface area contributed by atoms with Crippen LogP contribution < -0.4 is 0 Å². The van der Waals surface area contributed by atoms with E-state index in [0.717, 1.165) is 39.8 Å². The Morgan fingerprint density at radius 3 is 2.02 bits per heavy atom. The van der Waals surface area contributed by atoms with E-state index in [1.54, 1.807) is 0 Å². The van der Waals surface area contributed by atoms with Crippen molar-refractivity contribution < 1.29 is 0 Å². The van der Waals surface area contributed by atoms with Crippen LogP contribution in [0.4, 0.5) is 0 Å². The molecule has 0 amide bonds. The van der Waals surface area contributed by atoms with E-state index in [1.165, 1.54) is 75.3 Å². The molecule has 1 unspecified atom stereocenters. The third-order valence-electron chi connectivity index (χ3n) is 12.7. The standard InChI is InChI=1S/C56H36N4S/c1-4-15-35(16-5-1)51-34-40-27-29-47-52(55(40)61-51)53(36-17-6-2-7-18-36)58-56(57-47)60-48-26-13-12-23-43(48)44-25-14-24-42(54(44)60)39-28-30-49-45(32-39)46-31-37-19-10-11-20-38(37)33-50(46)59(49)41-21-8-3-9-22-41/h1-23,25-34,42H,24H2. The molecule has 1 atom stereocenters. The van der Waals surface area contributed by atoms with Gasteiger partial charge in [-0.05, 0) is 88.3 Å². The SMILES string of the molecule is C1=Cc2c(n(-c3nc(-c4ccccc4)c4c(ccc5cc(-c6ccccc6)sc54)n3)c3ccccc23)C(c2ccc3c(c2)c2cc4ccccc4cc2n3-c2ccccc2)C1. The van der Waals surface area contributed by atoms with Gasteiger partial charge in [0, 0.05) is 59.5 Å². The van der Waals surface area contributed by atoms with Crippen molar-refractivity contribution in [3.8, 4) is 33.3 Å². The molecule has 0 saturated heterocycles. The fourth-order valence-corrected chi connectivity index (χ4v) is 11.1. The van der Waals surface area contributed by atoms with E-state index in [0.29, 0.717) is 5.95 Å². The lowest BCUT2D eigenvalue weighted by atomic mass is 9.85. The van der Waals surface area contributed by atoms with Crippen LogP contribution in [0.1, 0.15) is 29.2 Å². The lowest BCUT2D eigenvalue weighted by Crippen LogP contribution is -2.13. The molecule has 4 heterocycles. The smallest absolute Gasteiger partial charge is 0.235 e. The van der Waals surface area contributed by atoms with Crippen molar-refractivity contribution in [3.63, 3.8) is 0 Å². The van der Waals surface area contributed by atoms with E-state index in [2.05, 4.69) is 209 Å². The zero-order chi connectivity index (χ0) is 40.0. The highest BCUT2D eigenvalue weighted by Gasteiger charge is 2.30. The number of hydrogen-bond donors (Lipinski definition) is 0. The first kappa shape index (κ1) is 34.3. The number of nitrogens with zero attached hydrogens (tertiary/aromatic N) is 4. The van der Waals surface area contributed by atoms with Crippen molar-refractivity contribution >= 4 is 81.9 Å². The fourth-order valence-electron chi connectivity index (χ4n) is 9.89. The molecule has 286 valence electrons. The first-order valence-corrected chi connectivity index (χ1v) is 21.7. The van der Waals surface area contributed by atoms with Gasteiger partial charge >= 0.3 is 0 Å². The van der Waals surface area contributed by atoms with Crippen molar-refractivity contribution in [2.45, 2.75) is 12.3 Å². The quantitative estimate of drug-likeness (QED) is 0.174. The van der Waals surface area contributed by atoms with Crippen LogP contribution in [0, 0.1) is 0 Å². The molecule has 5 heteroatoms. The monoisotopic (exact) mass is 796 g/mol. The maximum atomic E-state index is 5.62. The Morgan fingerprint density at radius 2 is 1.20 bits per heavy atom. The third kappa shape index (κ3) is 5.30. The summed E-state index contributed by atoms with van der Waals surface area (Å²) in [6, 6.07) is 68.1. The largest absolute Gasteiger partial charge is 0.309 e. The van der Waals surface area contributed by atoms with Crippen LogP contribution in [0.2, 0.25) is 0 Å². The van der Waals surface area contributed by atoms with Crippen LogP contribution in [0.5, 0.6) is 0 Å². The molecule has 1 aliphatic carbocycles. The van der Waals surface area contributed by atoms with Gasteiger partial charge in [0.25, 0.3) is 0 Å². The molecular weight excluding hydrogens is 761 g/mol. The normalized spacial score (nSPS) is 13.9. The van der Waals surface area contributed by atoms with Crippen LogP contribution in [0.3, 0.4) is 0 Å². The van der Waals surface area contributed by atoms with E-state index in [1.807, 2.05) is 11.3 Å². The van der Waals surface area contributed by atoms with Gasteiger partial charge in [0.05, 0.1) is 27.8 Å². The number of para-hydroxylation sites is 2. The summed E-state index contributed by atoms with van der Waals surface area (Å²) in [5.74, 6) is 0.761. The Hall–Kier alpha value is -7.60. The molecule has 0 N–H and O–H groups in total. The van der Waals surface area contributed by atoms with Crippen molar-refractivity contribution in [3.05, 3.63) is 211 Å². The molecular formula is C56H36N4S. The number of benzene rings is 8. The van der Waals surface area contributed by atoms with Crippen molar-refractivity contribution in [2.24, 2.45) is 0 Å². The van der Waals surface area contributed by atoms with E-state index >= 15 is 0 Å². The average Bonchev–Trinajstić information content (AvgIpc) is 4.01. The van der Waals surface area contributed by atoms with Gasteiger partial charge in [0.1, 0.15) is 0 Å². The highest BCUT2D eigenvalue weighted by molar-refractivity contribution is 7.23. The van der Waals surface area contributed by atoms with Crippen molar-refractivity contribution in [1.29, 1.82) is 0 Å². The molecule has 1 aliphatic rings. The summed E-state index contributed by atoms with van der Waals surface area (Å²) in [5, 5.41) is 8.50.